The van der Waals surface area contributed by atoms with Gasteiger partial charge in [0.05, 0.1) is 23.3 Å². The van der Waals surface area contributed by atoms with E-state index in [1.807, 2.05) is 24.3 Å². The van der Waals surface area contributed by atoms with Crippen molar-refractivity contribution < 1.29 is 18.7 Å². The van der Waals surface area contributed by atoms with E-state index in [2.05, 4.69) is 10.3 Å². The highest BCUT2D eigenvalue weighted by atomic mass is 32.1. The molecule has 0 saturated carbocycles. The van der Waals surface area contributed by atoms with Crippen molar-refractivity contribution in [2.45, 2.75) is 51.6 Å². The second-order valence-electron chi connectivity index (χ2n) is 7.27. The van der Waals surface area contributed by atoms with Crippen LogP contribution in [0, 0.1) is 0 Å². The Morgan fingerprint density at radius 3 is 2.81 bits per heavy atom. The Labute approximate surface area is 155 Å². The number of carbonyl (C=O) groups excluding carboxylic acids is 2. The summed E-state index contributed by atoms with van der Waals surface area (Å²) in [6.07, 6.45) is -1.93. The molecule has 1 aliphatic rings. The number of carbonyl (C=O) groups is 2. The Morgan fingerprint density at radius 2 is 2.12 bits per heavy atom. The molecule has 1 N–H and O–H groups in total. The first-order valence-electron chi connectivity index (χ1n) is 8.49. The van der Waals surface area contributed by atoms with Gasteiger partial charge < -0.3 is 10.1 Å². The third kappa shape index (κ3) is 4.30. The molecule has 1 saturated heterocycles. The van der Waals surface area contributed by atoms with Crippen molar-refractivity contribution in [1.82, 2.24) is 15.2 Å². The van der Waals surface area contributed by atoms with E-state index >= 15 is 0 Å². The van der Waals surface area contributed by atoms with Crippen molar-refractivity contribution in [3.05, 3.63) is 29.3 Å². The molecule has 0 bridgehead atoms. The highest BCUT2D eigenvalue weighted by molar-refractivity contribution is 7.18. The number of halogens is 1. The zero-order valence-electron chi connectivity index (χ0n) is 15.0. The van der Waals surface area contributed by atoms with E-state index in [4.69, 9.17) is 4.74 Å². The molecule has 0 spiro atoms. The van der Waals surface area contributed by atoms with Gasteiger partial charge in [0.1, 0.15) is 22.8 Å². The van der Waals surface area contributed by atoms with Crippen LogP contribution in [0.4, 0.5) is 9.18 Å². The Kier molecular flexibility index (Phi) is 5.13. The molecule has 8 heteroatoms. The number of likely N-dealkylation sites (tertiary alicyclic amines) is 1. The van der Waals surface area contributed by atoms with Crippen molar-refractivity contribution in [3.8, 4) is 0 Å². The number of hydrogen-bond acceptors (Lipinski definition) is 5. The molecule has 2 atom stereocenters. The minimum Gasteiger partial charge on any atom is -0.444 e. The summed E-state index contributed by atoms with van der Waals surface area (Å²) in [6.45, 7) is 5.31. The lowest BCUT2D eigenvalue weighted by Gasteiger charge is -2.27. The molecule has 3 rings (SSSR count). The number of nitrogens with one attached hydrogen (secondary N) is 1. The zero-order chi connectivity index (χ0) is 18.9. The predicted octanol–water partition coefficient (Wildman–Crippen LogP) is 3.26. The lowest BCUT2D eigenvalue weighted by atomic mass is 10.2. The van der Waals surface area contributed by atoms with Gasteiger partial charge in [0.25, 0.3) is 0 Å². The summed E-state index contributed by atoms with van der Waals surface area (Å²) in [5, 5.41) is 3.53. The number of thiazole rings is 1. The molecule has 1 aromatic carbocycles. The van der Waals surface area contributed by atoms with Gasteiger partial charge in [-0.2, -0.15) is 0 Å². The third-order valence-electron chi connectivity index (χ3n) is 3.93. The lowest BCUT2D eigenvalue weighted by Crippen LogP contribution is -2.47. The summed E-state index contributed by atoms with van der Waals surface area (Å²) in [6, 6.07) is 6.85. The molecule has 6 nitrogen and oxygen atoms in total. The number of nitrogens with zero attached hydrogens (tertiary/aromatic N) is 2. The van der Waals surface area contributed by atoms with Crippen LogP contribution in [0.5, 0.6) is 0 Å². The molecular weight excluding hydrogens is 357 g/mol. The van der Waals surface area contributed by atoms with Crippen molar-refractivity contribution in [2.75, 3.05) is 6.54 Å². The summed E-state index contributed by atoms with van der Waals surface area (Å²) >= 11 is 1.49. The van der Waals surface area contributed by atoms with Crippen LogP contribution in [0.1, 0.15) is 32.2 Å². The summed E-state index contributed by atoms with van der Waals surface area (Å²) in [7, 11) is 0. The van der Waals surface area contributed by atoms with Gasteiger partial charge >= 0.3 is 6.09 Å². The molecule has 1 aliphatic heterocycles. The van der Waals surface area contributed by atoms with E-state index in [-0.39, 0.29) is 19.5 Å². The predicted molar refractivity (Wildman–Crippen MR) is 97.7 cm³/mol. The number of rotatable bonds is 3. The molecular formula is C18H22FN3O3S. The fourth-order valence-electron chi connectivity index (χ4n) is 2.83. The molecule has 2 amide bonds. The van der Waals surface area contributed by atoms with Gasteiger partial charge in [0.2, 0.25) is 5.91 Å². The molecule has 2 aromatic rings. The first kappa shape index (κ1) is 18.6. The summed E-state index contributed by atoms with van der Waals surface area (Å²) < 4.78 is 20.2. The van der Waals surface area contributed by atoms with Gasteiger partial charge in [0.15, 0.2) is 0 Å². The number of amides is 2. The summed E-state index contributed by atoms with van der Waals surface area (Å²) in [5.74, 6) is -0.393. The van der Waals surface area contributed by atoms with E-state index in [9.17, 15) is 14.0 Å². The maximum atomic E-state index is 13.8. The largest absolute Gasteiger partial charge is 0.444 e. The minimum atomic E-state index is -1.24. The summed E-state index contributed by atoms with van der Waals surface area (Å²) in [5.41, 5.74) is 0.176. The smallest absolute Gasteiger partial charge is 0.411 e. The molecule has 2 heterocycles. The number of hydrogen-bond donors (Lipinski definition) is 1. The molecule has 2 unspecified atom stereocenters. The highest BCUT2D eigenvalue weighted by Crippen LogP contribution is 2.24. The fraction of sp³-hybridized carbons (Fsp3) is 0.500. The Balaban J connectivity index is 1.64. The van der Waals surface area contributed by atoms with Gasteiger partial charge in [0, 0.05) is 6.42 Å². The zero-order valence-corrected chi connectivity index (χ0v) is 15.8. The van der Waals surface area contributed by atoms with Gasteiger partial charge in [-0.05, 0) is 32.9 Å². The van der Waals surface area contributed by atoms with E-state index < -0.39 is 29.8 Å². The van der Waals surface area contributed by atoms with Gasteiger partial charge in [-0.25, -0.2) is 14.2 Å². The average Bonchev–Trinajstić information content (AvgIpc) is 3.14. The average molecular weight is 379 g/mol. The molecule has 0 aliphatic carbocycles. The van der Waals surface area contributed by atoms with Crippen molar-refractivity contribution >= 4 is 33.6 Å². The summed E-state index contributed by atoms with van der Waals surface area (Å²) in [4.78, 5) is 30.4. The number of alkyl halides is 1. The van der Waals surface area contributed by atoms with Gasteiger partial charge in [-0.15, -0.1) is 11.3 Å². The van der Waals surface area contributed by atoms with Crippen molar-refractivity contribution in [2.24, 2.45) is 0 Å². The lowest BCUT2D eigenvalue weighted by molar-refractivity contribution is -0.125. The van der Waals surface area contributed by atoms with Crippen LogP contribution in [0.25, 0.3) is 10.2 Å². The number of para-hydroxylation sites is 1. The maximum Gasteiger partial charge on any atom is 0.411 e. The first-order chi connectivity index (χ1) is 12.2. The van der Waals surface area contributed by atoms with Gasteiger partial charge in [-0.1, -0.05) is 12.1 Å². The molecule has 140 valence electrons. The number of benzene rings is 1. The standard InChI is InChI=1S/C18H22FN3O3S/c1-18(2,3)25-17(24)22-10-11(19)8-13(22)16(23)20-9-15-21-12-6-4-5-7-14(12)26-15/h4-7,11,13H,8-10H2,1-3H3,(H,20,23). The van der Waals surface area contributed by atoms with Crippen LogP contribution in [0.15, 0.2) is 24.3 Å². The third-order valence-corrected chi connectivity index (χ3v) is 4.97. The number of ether oxygens (including phenoxy) is 1. The van der Waals surface area contributed by atoms with Crippen LogP contribution >= 0.6 is 11.3 Å². The minimum absolute atomic E-state index is 0.0229. The monoisotopic (exact) mass is 379 g/mol. The maximum absolute atomic E-state index is 13.8. The van der Waals surface area contributed by atoms with Crippen LogP contribution < -0.4 is 5.32 Å². The van der Waals surface area contributed by atoms with Crippen molar-refractivity contribution in [1.29, 1.82) is 0 Å². The van der Waals surface area contributed by atoms with E-state index in [0.29, 0.717) is 0 Å². The van der Waals surface area contributed by atoms with Crippen LogP contribution in [-0.4, -0.2) is 46.2 Å². The topological polar surface area (TPSA) is 71.5 Å². The van der Waals surface area contributed by atoms with E-state index in [1.165, 1.54) is 16.2 Å². The second kappa shape index (κ2) is 7.19. The second-order valence-corrected chi connectivity index (χ2v) is 8.39. The Bertz CT molecular complexity index is 784. The molecule has 26 heavy (non-hydrogen) atoms. The normalized spacial score (nSPS) is 20.4. The van der Waals surface area contributed by atoms with Crippen LogP contribution in [-0.2, 0) is 16.1 Å². The molecule has 1 fully saturated rings. The quantitative estimate of drug-likeness (QED) is 0.889. The first-order valence-corrected chi connectivity index (χ1v) is 9.30. The van der Waals surface area contributed by atoms with Crippen LogP contribution in [0.3, 0.4) is 0 Å². The van der Waals surface area contributed by atoms with Crippen molar-refractivity contribution in [3.63, 3.8) is 0 Å². The SMILES string of the molecule is CC(C)(C)OC(=O)N1CC(F)CC1C(=O)NCc1nc2ccccc2s1. The van der Waals surface area contributed by atoms with E-state index in [1.54, 1.807) is 20.8 Å². The number of aromatic nitrogens is 1. The van der Waals surface area contributed by atoms with E-state index in [0.717, 1.165) is 15.2 Å². The Morgan fingerprint density at radius 1 is 1.38 bits per heavy atom. The highest BCUT2D eigenvalue weighted by Gasteiger charge is 2.41. The number of fused-ring (bicyclic) bond motifs is 1. The Hall–Kier alpha value is -2.22. The molecule has 1 aromatic heterocycles. The molecule has 0 radical (unpaired) electrons. The fourth-order valence-corrected chi connectivity index (χ4v) is 3.74. The van der Waals surface area contributed by atoms with Crippen LogP contribution in [0.2, 0.25) is 0 Å². The van der Waals surface area contributed by atoms with Gasteiger partial charge in [-0.3, -0.25) is 9.69 Å².